The number of aromatic nitrogens is 1. The quantitative estimate of drug-likeness (QED) is 0.588. The Morgan fingerprint density at radius 3 is 2.70 bits per heavy atom. The van der Waals surface area contributed by atoms with Crippen LogP contribution in [0.4, 0.5) is 11.5 Å². The highest BCUT2D eigenvalue weighted by atomic mass is 35.5. The van der Waals surface area contributed by atoms with Gasteiger partial charge in [0.2, 0.25) is 0 Å². The summed E-state index contributed by atoms with van der Waals surface area (Å²) in [6.07, 6.45) is 4.14. The molecular weight excluding hydrogens is 420 g/mol. The van der Waals surface area contributed by atoms with Crippen LogP contribution in [-0.4, -0.2) is 29.9 Å². The Kier molecular flexibility index (Phi) is 6.30. The van der Waals surface area contributed by atoms with Gasteiger partial charge in [-0.2, -0.15) is 0 Å². The van der Waals surface area contributed by atoms with Gasteiger partial charge in [0.05, 0.1) is 15.6 Å². The van der Waals surface area contributed by atoms with Crippen molar-refractivity contribution in [3.8, 4) is 0 Å². The monoisotopic (exact) mass is 440 g/mol. The first-order valence-corrected chi connectivity index (χ1v) is 11.0. The average Bonchev–Trinajstić information content (AvgIpc) is 3.48. The third-order valence-electron chi connectivity index (χ3n) is 4.91. The first-order chi connectivity index (χ1) is 14.6. The normalized spacial score (nSPS) is 13.3. The number of carbonyl (C=O) groups is 2. The Hall–Kier alpha value is -2.90. The molecule has 3 aromatic rings. The predicted octanol–water partition coefficient (Wildman–Crippen LogP) is 4.58. The Balaban J connectivity index is 1.41. The van der Waals surface area contributed by atoms with Gasteiger partial charge in [0, 0.05) is 31.4 Å². The minimum absolute atomic E-state index is 0.238. The van der Waals surface area contributed by atoms with Crippen molar-refractivity contribution in [3.05, 3.63) is 75.1 Å². The third kappa shape index (κ3) is 4.80. The fourth-order valence-corrected chi connectivity index (χ4v) is 4.11. The first kappa shape index (κ1) is 20.4. The minimum atomic E-state index is -0.254. The first-order valence-electron chi connectivity index (χ1n) is 9.72. The number of carbonyl (C=O) groups excluding carboxylic acids is 2. The summed E-state index contributed by atoms with van der Waals surface area (Å²) in [6, 6.07) is 12.3. The summed E-state index contributed by atoms with van der Waals surface area (Å²) in [7, 11) is 0. The van der Waals surface area contributed by atoms with Crippen LogP contribution < -0.4 is 15.5 Å². The lowest BCUT2D eigenvalue weighted by molar-refractivity contribution is 0.0949. The molecule has 0 aliphatic carbocycles. The van der Waals surface area contributed by atoms with E-state index in [4.69, 9.17) is 11.6 Å². The molecule has 2 amide bonds. The van der Waals surface area contributed by atoms with Gasteiger partial charge in [0.25, 0.3) is 11.8 Å². The van der Waals surface area contributed by atoms with Crippen LogP contribution in [-0.2, 0) is 6.54 Å². The molecule has 0 bridgehead atoms. The number of amides is 2. The third-order valence-corrected chi connectivity index (χ3v) is 6.11. The summed E-state index contributed by atoms with van der Waals surface area (Å²) < 4.78 is 0. The van der Waals surface area contributed by atoms with Gasteiger partial charge in [-0.05, 0) is 60.2 Å². The lowest BCUT2D eigenvalue weighted by atomic mass is 10.1. The lowest BCUT2D eigenvalue weighted by Gasteiger charge is -2.17. The van der Waals surface area contributed by atoms with Gasteiger partial charge < -0.3 is 15.5 Å². The Labute approximate surface area is 183 Å². The molecule has 1 aliphatic heterocycles. The molecule has 6 nitrogen and oxygen atoms in total. The molecule has 1 aromatic carbocycles. The number of nitrogens with zero attached hydrogens (tertiary/aromatic N) is 2. The van der Waals surface area contributed by atoms with E-state index in [1.54, 1.807) is 36.5 Å². The highest BCUT2D eigenvalue weighted by Gasteiger charge is 2.15. The van der Waals surface area contributed by atoms with Crippen LogP contribution in [0.2, 0.25) is 5.02 Å². The number of anilines is 2. The van der Waals surface area contributed by atoms with E-state index in [1.165, 1.54) is 24.2 Å². The number of pyridine rings is 1. The highest BCUT2D eigenvalue weighted by Crippen LogP contribution is 2.24. The van der Waals surface area contributed by atoms with Crippen molar-refractivity contribution in [1.82, 2.24) is 10.3 Å². The molecule has 0 spiro atoms. The van der Waals surface area contributed by atoms with E-state index >= 15 is 0 Å². The van der Waals surface area contributed by atoms with E-state index in [0.717, 1.165) is 24.5 Å². The maximum Gasteiger partial charge on any atom is 0.265 e. The second kappa shape index (κ2) is 9.28. The molecule has 1 fully saturated rings. The number of hydrogen-bond acceptors (Lipinski definition) is 5. The molecule has 8 heteroatoms. The lowest BCUT2D eigenvalue weighted by Crippen LogP contribution is -2.24. The molecule has 3 heterocycles. The molecular formula is C22H21ClN4O2S. The summed E-state index contributed by atoms with van der Waals surface area (Å²) in [5, 5.41) is 7.89. The van der Waals surface area contributed by atoms with Gasteiger partial charge in [0.1, 0.15) is 5.82 Å². The van der Waals surface area contributed by atoms with Crippen molar-refractivity contribution in [2.75, 3.05) is 23.3 Å². The molecule has 1 aliphatic rings. The van der Waals surface area contributed by atoms with E-state index in [1.807, 2.05) is 17.5 Å². The number of nitrogens with one attached hydrogen (secondary N) is 2. The zero-order chi connectivity index (χ0) is 20.9. The largest absolute Gasteiger partial charge is 0.357 e. The summed E-state index contributed by atoms with van der Waals surface area (Å²) in [5.74, 6) is 0.456. The topological polar surface area (TPSA) is 74.3 Å². The van der Waals surface area contributed by atoms with Gasteiger partial charge in [-0.25, -0.2) is 4.98 Å². The zero-order valence-electron chi connectivity index (χ0n) is 16.2. The fourth-order valence-electron chi connectivity index (χ4n) is 3.33. The Bertz CT molecular complexity index is 1050. The molecule has 2 N–H and O–H groups in total. The van der Waals surface area contributed by atoms with Gasteiger partial charge in [-0.3, -0.25) is 9.59 Å². The summed E-state index contributed by atoms with van der Waals surface area (Å²) >= 11 is 7.54. The Morgan fingerprint density at radius 2 is 1.93 bits per heavy atom. The smallest absolute Gasteiger partial charge is 0.265 e. The van der Waals surface area contributed by atoms with Crippen LogP contribution in [0.25, 0.3) is 0 Å². The van der Waals surface area contributed by atoms with Crippen molar-refractivity contribution in [3.63, 3.8) is 0 Å². The van der Waals surface area contributed by atoms with Crippen molar-refractivity contribution >= 4 is 46.3 Å². The molecule has 0 unspecified atom stereocenters. The van der Waals surface area contributed by atoms with Crippen LogP contribution in [0.1, 0.15) is 38.4 Å². The summed E-state index contributed by atoms with van der Waals surface area (Å²) in [4.78, 5) is 32.2. The molecule has 0 atom stereocenters. The fraction of sp³-hybridized carbons (Fsp3) is 0.227. The van der Waals surface area contributed by atoms with Crippen molar-refractivity contribution in [1.29, 1.82) is 0 Å². The molecule has 2 aromatic heterocycles. The van der Waals surface area contributed by atoms with E-state index in [-0.39, 0.29) is 11.8 Å². The number of benzene rings is 1. The Morgan fingerprint density at radius 1 is 1.10 bits per heavy atom. The van der Waals surface area contributed by atoms with E-state index in [0.29, 0.717) is 27.7 Å². The molecule has 0 saturated carbocycles. The van der Waals surface area contributed by atoms with Gasteiger partial charge in [-0.15, -0.1) is 11.3 Å². The zero-order valence-corrected chi connectivity index (χ0v) is 17.8. The number of thiophene rings is 1. The van der Waals surface area contributed by atoms with E-state index in [2.05, 4.69) is 20.5 Å². The van der Waals surface area contributed by atoms with Crippen LogP contribution in [0, 0.1) is 0 Å². The SMILES string of the molecule is O=C(NCc1ccnc(N2CCCC2)c1)c1ccc(Cl)c(NC(=O)c2cccs2)c1. The van der Waals surface area contributed by atoms with E-state index in [9.17, 15) is 9.59 Å². The molecule has 154 valence electrons. The highest BCUT2D eigenvalue weighted by molar-refractivity contribution is 7.12. The van der Waals surface area contributed by atoms with Crippen molar-refractivity contribution in [2.45, 2.75) is 19.4 Å². The van der Waals surface area contributed by atoms with Crippen LogP contribution in [0.5, 0.6) is 0 Å². The molecule has 4 rings (SSSR count). The minimum Gasteiger partial charge on any atom is -0.357 e. The van der Waals surface area contributed by atoms with Crippen LogP contribution >= 0.6 is 22.9 Å². The number of hydrogen-bond donors (Lipinski definition) is 2. The standard InChI is InChI=1S/C22H21ClN4O2S/c23-17-6-5-16(13-18(17)26-22(29)19-4-3-11-30-19)21(28)25-14-15-7-8-24-20(12-15)27-9-1-2-10-27/h3-8,11-13H,1-2,9-10,14H2,(H,25,28)(H,26,29). The van der Waals surface area contributed by atoms with Gasteiger partial charge in [0.15, 0.2) is 0 Å². The van der Waals surface area contributed by atoms with Crippen molar-refractivity contribution in [2.24, 2.45) is 0 Å². The summed E-state index contributed by atoms with van der Waals surface area (Å²) in [5.41, 5.74) is 1.82. The second-order valence-corrected chi connectivity index (χ2v) is 8.38. The predicted molar refractivity (Wildman–Crippen MR) is 121 cm³/mol. The number of halogens is 1. The van der Waals surface area contributed by atoms with Gasteiger partial charge >= 0.3 is 0 Å². The maximum atomic E-state index is 12.6. The molecule has 0 radical (unpaired) electrons. The van der Waals surface area contributed by atoms with Crippen LogP contribution in [0.15, 0.2) is 54.0 Å². The molecule has 1 saturated heterocycles. The number of rotatable bonds is 6. The second-order valence-electron chi connectivity index (χ2n) is 7.03. The van der Waals surface area contributed by atoms with E-state index < -0.39 is 0 Å². The van der Waals surface area contributed by atoms with Gasteiger partial charge in [-0.1, -0.05) is 17.7 Å². The average molecular weight is 441 g/mol. The maximum absolute atomic E-state index is 12.6. The van der Waals surface area contributed by atoms with Crippen LogP contribution in [0.3, 0.4) is 0 Å². The van der Waals surface area contributed by atoms with Crippen molar-refractivity contribution < 1.29 is 9.59 Å². The summed E-state index contributed by atoms with van der Waals surface area (Å²) in [6.45, 7) is 2.43. The molecule has 30 heavy (non-hydrogen) atoms.